The number of ether oxygens (including phenoxy) is 3. The third-order valence-electron chi connectivity index (χ3n) is 3.19. The molecule has 0 aliphatic heterocycles. The topological polar surface area (TPSA) is 121 Å². The molecule has 0 spiro atoms. The molecule has 24 heavy (non-hydrogen) atoms. The van der Waals surface area contributed by atoms with Gasteiger partial charge in [0.15, 0.2) is 0 Å². The quantitative estimate of drug-likeness (QED) is 0.531. The first-order valence-electron chi connectivity index (χ1n) is 6.88. The standard InChI is InChI=1S/C15H18N2O7/c1-22-11(18)7-10(14(20)23-2)12(15(21)24-3)17-13(19)9-5-4-6-16-8-9/h4-6,8,10,12H,7H2,1-3H3,(H,17,19)/t10-,12-/m0/s1. The molecule has 0 aliphatic carbocycles. The summed E-state index contributed by atoms with van der Waals surface area (Å²) in [6.45, 7) is 0. The summed E-state index contributed by atoms with van der Waals surface area (Å²) in [6.07, 6.45) is 2.30. The summed E-state index contributed by atoms with van der Waals surface area (Å²) in [5.74, 6) is -4.45. The number of esters is 3. The SMILES string of the molecule is COC(=O)C[C@H](C(=O)OC)[C@H](NC(=O)c1cccnc1)C(=O)OC. The Labute approximate surface area is 138 Å². The summed E-state index contributed by atoms with van der Waals surface area (Å²) < 4.78 is 13.7. The minimum atomic E-state index is -1.42. The van der Waals surface area contributed by atoms with E-state index < -0.39 is 42.2 Å². The third-order valence-corrected chi connectivity index (χ3v) is 3.19. The number of hydrogen-bond donors (Lipinski definition) is 1. The number of nitrogens with zero attached hydrogens (tertiary/aromatic N) is 1. The highest BCUT2D eigenvalue weighted by Gasteiger charge is 2.38. The number of carbonyl (C=O) groups excluding carboxylic acids is 4. The summed E-state index contributed by atoms with van der Waals surface area (Å²) in [6, 6.07) is 1.59. The molecule has 9 nitrogen and oxygen atoms in total. The lowest BCUT2D eigenvalue weighted by Gasteiger charge is -2.23. The molecule has 0 unspecified atom stereocenters. The number of amides is 1. The van der Waals surface area contributed by atoms with Gasteiger partial charge in [0.25, 0.3) is 5.91 Å². The molecule has 2 atom stereocenters. The lowest BCUT2D eigenvalue weighted by molar-refractivity contribution is -0.158. The second-order valence-electron chi connectivity index (χ2n) is 4.63. The lowest BCUT2D eigenvalue weighted by atomic mass is 9.95. The van der Waals surface area contributed by atoms with Gasteiger partial charge >= 0.3 is 17.9 Å². The van der Waals surface area contributed by atoms with Crippen molar-refractivity contribution in [3.05, 3.63) is 30.1 Å². The van der Waals surface area contributed by atoms with Crippen molar-refractivity contribution in [2.75, 3.05) is 21.3 Å². The Balaban J connectivity index is 3.07. The molecular weight excluding hydrogens is 320 g/mol. The molecule has 0 radical (unpaired) electrons. The number of pyridine rings is 1. The van der Waals surface area contributed by atoms with Gasteiger partial charge in [-0.15, -0.1) is 0 Å². The Bertz CT molecular complexity index is 603. The van der Waals surface area contributed by atoms with E-state index in [9.17, 15) is 19.2 Å². The third kappa shape index (κ3) is 5.04. The summed E-state index contributed by atoms with van der Waals surface area (Å²) >= 11 is 0. The molecule has 1 heterocycles. The Morgan fingerprint density at radius 3 is 2.25 bits per heavy atom. The minimum absolute atomic E-state index is 0.174. The summed E-state index contributed by atoms with van der Waals surface area (Å²) in [7, 11) is 3.33. The maximum atomic E-state index is 12.2. The van der Waals surface area contributed by atoms with E-state index >= 15 is 0 Å². The fourth-order valence-electron chi connectivity index (χ4n) is 1.92. The van der Waals surface area contributed by atoms with E-state index in [2.05, 4.69) is 24.5 Å². The van der Waals surface area contributed by atoms with Gasteiger partial charge in [0.2, 0.25) is 0 Å². The first kappa shape index (κ1) is 19.1. The Hall–Kier alpha value is -2.97. The van der Waals surface area contributed by atoms with Gasteiger partial charge in [-0.2, -0.15) is 0 Å². The minimum Gasteiger partial charge on any atom is -0.469 e. The predicted octanol–water partition coefficient (Wildman–Crippen LogP) is -0.295. The second-order valence-corrected chi connectivity index (χ2v) is 4.63. The van der Waals surface area contributed by atoms with Crippen LogP contribution >= 0.6 is 0 Å². The number of nitrogens with one attached hydrogen (secondary N) is 1. The number of carbonyl (C=O) groups is 4. The predicted molar refractivity (Wildman–Crippen MR) is 79.6 cm³/mol. The van der Waals surface area contributed by atoms with Crippen LogP contribution in [-0.2, 0) is 28.6 Å². The summed E-state index contributed by atoms with van der Waals surface area (Å²) in [5, 5.41) is 2.37. The van der Waals surface area contributed by atoms with Crippen molar-refractivity contribution in [1.82, 2.24) is 10.3 Å². The molecule has 1 N–H and O–H groups in total. The van der Waals surface area contributed by atoms with Gasteiger partial charge in [0, 0.05) is 12.4 Å². The van der Waals surface area contributed by atoms with Crippen molar-refractivity contribution in [3.63, 3.8) is 0 Å². The van der Waals surface area contributed by atoms with Crippen LogP contribution in [0.2, 0.25) is 0 Å². The number of rotatable bonds is 7. The summed E-state index contributed by atoms with van der Waals surface area (Å²) in [5.41, 5.74) is 0.174. The van der Waals surface area contributed by atoms with E-state index in [1.165, 1.54) is 24.5 Å². The van der Waals surface area contributed by atoms with Crippen LogP contribution in [0, 0.1) is 5.92 Å². The largest absolute Gasteiger partial charge is 0.469 e. The molecule has 0 saturated heterocycles. The van der Waals surface area contributed by atoms with Gasteiger partial charge in [0.05, 0.1) is 39.2 Å². The molecule has 0 bridgehead atoms. The fourth-order valence-corrected chi connectivity index (χ4v) is 1.92. The molecule has 9 heteroatoms. The van der Waals surface area contributed by atoms with Gasteiger partial charge in [-0.05, 0) is 12.1 Å². The molecule has 1 rings (SSSR count). The van der Waals surface area contributed by atoms with Crippen LogP contribution in [0.1, 0.15) is 16.8 Å². The van der Waals surface area contributed by atoms with Crippen LogP contribution in [0.5, 0.6) is 0 Å². The molecule has 0 aromatic carbocycles. The zero-order valence-electron chi connectivity index (χ0n) is 13.5. The monoisotopic (exact) mass is 338 g/mol. The summed E-state index contributed by atoms with van der Waals surface area (Å²) in [4.78, 5) is 51.5. The van der Waals surface area contributed by atoms with Gasteiger partial charge in [0.1, 0.15) is 6.04 Å². The van der Waals surface area contributed by atoms with Crippen LogP contribution in [0.3, 0.4) is 0 Å². The van der Waals surface area contributed by atoms with Crippen molar-refractivity contribution >= 4 is 23.8 Å². The van der Waals surface area contributed by atoms with Gasteiger partial charge in [-0.1, -0.05) is 0 Å². The average molecular weight is 338 g/mol. The second kappa shape index (κ2) is 9.23. The van der Waals surface area contributed by atoms with E-state index in [0.717, 1.165) is 21.3 Å². The van der Waals surface area contributed by atoms with Gasteiger partial charge < -0.3 is 19.5 Å². The molecule has 0 fully saturated rings. The number of hydrogen-bond acceptors (Lipinski definition) is 8. The first-order chi connectivity index (χ1) is 11.4. The highest BCUT2D eigenvalue weighted by Crippen LogP contribution is 2.15. The zero-order chi connectivity index (χ0) is 18.1. The van der Waals surface area contributed by atoms with E-state index in [-0.39, 0.29) is 5.56 Å². The number of aromatic nitrogens is 1. The highest BCUT2D eigenvalue weighted by atomic mass is 16.5. The van der Waals surface area contributed by atoms with E-state index in [1.807, 2.05) is 0 Å². The normalized spacial score (nSPS) is 12.5. The molecule has 1 amide bonds. The molecule has 0 saturated carbocycles. The van der Waals surface area contributed by atoms with Crippen LogP contribution in [0.4, 0.5) is 0 Å². The smallest absolute Gasteiger partial charge is 0.329 e. The molecular formula is C15H18N2O7. The van der Waals surface area contributed by atoms with Crippen molar-refractivity contribution in [1.29, 1.82) is 0 Å². The maximum absolute atomic E-state index is 12.2. The van der Waals surface area contributed by atoms with Gasteiger partial charge in [-0.25, -0.2) is 4.79 Å². The van der Waals surface area contributed by atoms with Crippen LogP contribution in [0.25, 0.3) is 0 Å². The average Bonchev–Trinajstić information content (AvgIpc) is 2.63. The Morgan fingerprint density at radius 1 is 1.08 bits per heavy atom. The molecule has 1 aromatic heterocycles. The Kier molecular flexibility index (Phi) is 7.34. The molecule has 130 valence electrons. The van der Waals surface area contributed by atoms with E-state index in [0.29, 0.717) is 0 Å². The maximum Gasteiger partial charge on any atom is 0.329 e. The zero-order valence-corrected chi connectivity index (χ0v) is 13.5. The molecule has 1 aromatic rings. The lowest BCUT2D eigenvalue weighted by Crippen LogP contribution is -2.50. The van der Waals surface area contributed by atoms with Crippen molar-refractivity contribution in [2.24, 2.45) is 5.92 Å². The number of methoxy groups -OCH3 is 3. The van der Waals surface area contributed by atoms with E-state index in [4.69, 9.17) is 0 Å². The van der Waals surface area contributed by atoms with Crippen LogP contribution < -0.4 is 5.32 Å². The van der Waals surface area contributed by atoms with Crippen LogP contribution in [-0.4, -0.2) is 56.2 Å². The fraction of sp³-hybridized carbons (Fsp3) is 0.400. The van der Waals surface area contributed by atoms with Crippen molar-refractivity contribution in [3.8, 4) is 0 Å². The van der Waals surface area contributed by atoms with Crippen LogP contribution in [0.15, 0.2) is 24.5 Å². The first-order valence-corrected chi connectivity index (χ1v) is 6.88. The molecule has 0 aliphatic rings. The van der Waals surface area contributed by atoms with E-state index in [1.54, 1.807) is 0 Å². The van der Waals surface area contributed by atoms with Gasteiger partial charge in [-0.3, -0.25) is 19.4 Å². The van der Waals surface area contributed by atoms with Crippen molar-refractivity contribution < 1.29 is 33.4 Å². The Morgan fingerprint density at radius 2 is 1.75 bits per heavy atom. The van der Waals surface area contributed by atoms with Crippen molar-refractivity contribution in [2.45, 2.75) is 12.5 Å². The highest BCUT2D eigenvalue weighted by molar-refractivity contribution is 5.98.